The van der Waals surface area contributed by atoms with Crippen molar-refractivity contribution in [3.05, 3.63) is 18.0 Å². The fraction of sp³-hybridized carbons (Fsp3) is 0.333. The number of ether oxygens (including phenoxy) is 1. The number of aromatic amines is 1. The van der Waals surface area contributed by atoms with Crippen LogP contribution in [-0.2, 0) is 4.74 Å². The van der Waals surface area contributed by atoms with Gasteiger partial charge in [-0.3, -0.25) is 10.5 Å². The summed E-state index contributed by atoms with van der Waals surface area (Å²) in [5.41, 5.74) is 0.613. The van der Waals surface area contributed by atoms with Gasteiger partial charge in [0.2, 0.25) is 5.90 Å². The molecular weight excluding hydrogens is 166 g/mol. The molecule has 0 saturated carbocycles. The van der Waals surface area contributed by atoms with Crippen molar-refractivity contribution < 1.29 is 4.74 Å². The maximum absolute atomic E-state index is 7.25. The maximum Gasteiger partial charge on any atom is 0.231 e. The minimum atomic E-state index is 0. The van der Waals surface area contributed by atoms with Gasteiger partial charge in [0.1, 0.15) is 5.69 Å². The second-order valence-electron chi connectivity index (χ2n) is 1.73. The van der Waals surface area contributed by atoms with Crippen LogP contribution >= 0.6 is 12.4 Å². The number of nitrogens with zero attached hydrogens (tertiary/aromatic N) is 1. The van der Waals surface area contributed by atoms with E-state index in [-0.39, 0.29) is 18.3 Å². The summed E-state index contributed by atoms with van der Waals surface area (Å²) in [6, 6.07) is 1.69. The molecule has 2 N–H and O–H groups in total. The molecule has 0 spiro atoms. The molecule has 1 rings (SSSR count). The van der Waals surface area contributed by atoms with E-state index in [0.717, 1.165) is 0 Å². The molecular formula is C6H10ClN3O. The van der Waals surface area contributed by atoms with E-state index in [9.17, 15) is 0 Å². The quantitative estimate of drug-likeness (QED) is 0.524. The Morgan fingerprint density at radius 2 is 2.55 bits per heavy atom. The van der Waals surface area contributed by atoms with Crippen molar-refractivity contribution in [2.75, 3.05) is 6.61 Å². The van der Waals surface area contributed by atoms with Crippen LogP contribution in [0.5, 0.6) is 0 Å². The number of hydrogen-bond acceptors (Lipinski definition) is 3. The fourth-order valence-electron chi connectivity index (χ4n) is 0.604. The predicted molar refractivity (Wildman–Crippen MR) is 44.3 cm³/mol. The molecule has 0 atom stereocenters. The molecule has 5 heteroatoms. The van der Waals surface area contributed by atoms with E-state index >= 15 is 0 Å². The van der Waals surface area contributed by atoms with Crippen LogP contribution in [0.3, 0.4) is 0 Å². The largest absolute Gasteiger partial charge is 0.477 e. The maximum atomic E-state index is 7.25. The Labute approximate surface area is 70.9 Å². The SMILES string of the molecule is CCOC(=N)c1ccn[nH]1.Cl. The molecule has 1 aromatic heterocycles. The van der Waals surface area contributed by atoms with Crippen LogP contribution in [0.4, 0.5) is 0 Å². The van der Waals surface area contributed by atoms with Crippen LogP contribution in [0, 0.1) is 5.41 Å². The van der Waals surface area contributed by atoms with Crippen molar-refractivity contribution in [3.63, 3.8) is 0 Å². The number of nitrogens with one attached hydrogen (secondary N) is 2. The van der Waals surface area contributed by atoms with Crippen molar-refractivity contribution in [1.29, 1.82) is 5.41 Å². The summed E-state index contributed by atoms with van der Waals surface area (Å²) in [5, 5.41) is 13.6. The van der Waals surface area contributed by atoms with Crippen LogP contribution < -0.4 is 0 Å². The van der Waals surface area contributed by atoms with Crippen molar-refractivity contribution >= 4 is 18.3 Å². The number of rotatable bonds is 2. The van der Waals surface area contributed by atoms with E-state index < -0.39 is 0 Å². The van der Waals surface area contributed by atoms with E-state index in [4.69, 9.17) is 10.1 Å². The third-order valence-corrected chi connectivity index (χ3v) is 1.03. The van der Waals surface area contributed by atoms with E-state index in [1.807, 2.05) is 6.92 Å². The van der Waals surface area contributed by atoms with Crippen LogP contribution in [0.15, 0.2) is 12.3 Å². The zero-order valence-corrected chi connectivity index (χ0v) is 6.94. The highest BCUT2D eigenvalue weighted by atomic mass is 35.5. The number of halogens is 1. The molecule has 0 aromatic carbocycles. The van der Waals surface area contributed by atoms with Crippen molar-refractivity contribution in [3.8, 4) is 0 Å². The van der Waals surface area contributed by atoms with Crippen LogP contribution in [0.2, 0.25) is 0 Å². The average Bonchev–Trinajstić information content (AvgIpc) is 2.38. The van der Waals surface area contributed by atoms with Gasteiger partial charge in [-0.15, -0.1) is 12.4 Å². The molecule has 1 aromatic rings. The first-order valence-electron chi connectivity index (χ1n) is 3.05. The standard InChI is InChI=1S/C6H9N3O.ClH/c1-2-10-6(7)5-3-4-8-9-5;/h3-4,7H,2H2,1H3,(H,8,9);1H. The van der Waals surface area contributed by atoms with E-state index in [0.29, 0.717) is 12.3 Å². The van der Waals surface area contributed by atoms with Gasteiger partial charge >= 0.3 is 0 Å². The summed E-state index contributed by atoms with van der Waals surface area (Å²) in [6.45, 7) is 2.35. The molecule has 0 unspecified atom stereocenters. The molecule has 62 valence electrons. The number of hydrogen-bond donors (Lipinski definition) is 2. The molecule has 0 aliphatic heterocycles. The van der Waals surface area contributed by atoms with E-state index in [1.165, 1.54) is 0 Å². The lowest BCUT2D eigenvalue weighted by atomic mass is 10.4. The number of H-pyrrole nitrogens is 1. The molecule has 0 aliphatic carbocycles. The van der Waals surface area contributed by atoms with Gasteiger partial charge in [0.05, 0.1) is 6.61 Å². The second-order valence-corrected chi connectivity index (χ2v) is 1.73. The van der Waals surface area contributed by atoms with Crippen LogP contribution in [0.25, 0.3) is 0 Å². The first-order chi connectivity index (χ1) is 4.84. The predicted octanol–water partition coefficient (Wildman–Crippen LogP) is 1.19. The first-order valence-corrected chi connectivity index (χ1v) is 3.05. The third kappa shape index (κ3) is 2.59. The van der Waals surface area contributed by atoms with Gasteiger partial charge < -0.3 is 4.74 Å². The third-order valence-electron chi connectivity index (χ3n) is 1.03. The van der Waals surface area contributed by atoms with Crippen LogP contribution in [-0.4, -0.2) is 22.7 Å². The minimum Gasteiger partial charge on any atom is -0.477 e. The Balaban J connectivity index is 0.000001000. The smallest absolute Gasteiger partial charge is 0.231 e. The Morgan fingerprint density at radius 3 is 3.00 bits per heavy atom. The summed E-state index contributed by atoms with van der Waals surface area (Å²) in [7, 11) is 0. The molecule has 4 nitrogen and oxygen atoms in total. The van der Waals surface area contributed by atoms with Gasteiger partial charge in [-0.1, -0.05) is 0 Å². The summed E-state index contributed by atoms with van der Waals surface area (Å²) in [6.07, 6.45) is 1.59. The van der Waals surface area contributed by atoms with Gasteiger partial charge in [0, 0.05) is 6.20 Å². The highest BCUT2D eigenvalue weighted by Crippen LogP contribution is 1.93. The van der Waals surface area contributed by atoms with Gasteiger partial charge in [-0.05, 0) is 13.0 Å². The van der Waals surface area contributed by atoms with Gasteiger partial charge in [-0.2, -0.15) is 5.10 Å². The molecule has 0 amide bonds. The highest BCUT2D eigenvalue weighted by Gasteiger charge is 2.00. The summed E-state index contributed by atoms with van der Waals surface area (Å²) in [5.74, 6) is 0.139. The zero-order chi connectivity index (χ0) is 7.40. The van der Waals surface area contributed by atoms with Gasteiger partial charge in [0.25, 0.3) is 0 Å². The fourth-order valence-corrected chi connectivity index (χ4v) is 0.604. The van der Waals surface area contributed by atoms with E-state index in [2.05, 4.69) is 10.2 Å². The van der Waals surface area contributed by atoms with Gasteiger partial charge in [0.15, 0.2) is 0 Å². The average molecular weight is 176 g/mol. The van der Waals surface area contributed by atoms with Crippen molar-refractivity contribution in [1.82, 2.24) is 10.2 Å². The molecule has 11 heavy (non-hydrogen) atoms. The highest BCUT2D eigenvalue weighted by molar-refractivity contribution is 5.89. The van der Waals surface area contributed by atoms with Crippen molar-refractivity contribution in [2.45, 2.75) is 6.92 Å². The lowest BCUT2D eigenvalue weighted by Gasteiger charge is -1.99. The molecule has 0 radical (unpaired) electrons. The Bertz CT molecular complexity index is 210. The molecule has 0 fully saturated rings. The normalized spacial score (nSPS) is 8.45. The Hall–Kier alpha value is -1.03. The minimum absolute atomic E-state index is 0. The monoisotopic (exact) mass is 175 g/mol. The summed E-state index contributed by atoms with van der Waals surface area (Å²) in [4.78, 5) is 0. The van der Waals surface area contributed by atoms with Crippen molar-refractivity contribution in [2.24, 2.45) is 0 Å². The van der Waals surface area contributed by atoms with Crippen LogP contribution in [0.1, 0.15) is 12.6 Å². The lowest BCUT2D eigenvalue weighted by molar-refractivity contribution is 0.324. The zero-order valence-electron chi connectivity index (χ0n) is 6.13. The van der Waals surface area contributed by atoms with Gasteiger partial charge in [-0.25, -0.2) is 0 Å². The molecule has 0 bridgehead atoms. The Morgan fingerprint density at radius 1 is 1.82 bits per heavy atom. The molecule has 1 heterocycles. The first kappa shape index (κ1) is 9.97. The number of aromatic nitrogens is 2. The summed E-state index contributed by atoms with van der Waals surface area (Å²) < 4.78 is 4.90. The Kier molecular flexibility index (Phi) is 4.29. The molecule has 0 aliphatic rings. The molecule has 0 saturated heterocycles. The second kappa shape index (κ2) is 4.73. The lowest BCUT2D eigenvalue weighted by Crippen LogP contribution is -2.04. The summed E-state index contributed by atoms with van der Waals surface area (Å²) >= 11 is 0. The van der Waals surface area contributed by atoms with E-state index in [1.54, 1.807) is 12.3 Å². The topological polar surface area (TPSA) is 61.8 Å².